The lowest BCUT2D eigenvalue weighted by Crippen LogP contribution is -2.43. The number of benzene rings is 1. The third-order valence-electron chi connectivity index (χ3n) is 13.1. The summed E-state index contributed by atoms with van der Waals surface area (Å²) in [5.41, 5.74) is 2.68. The molecule has 0 saturated heterocycles. The van der Waals surface area contributed by atoms with Crippen LogP contribution in [0.5, 0.6) is 5.75 Å². The monoisotopic (exact) mass is 1200 g/mol. The second-order valence-corrected chi connectivity index (χ2v) is 28.9. The van der Waals surface area contributed by atoms with Crippen LogP contribution in [0.4, 0.5) is 14.4 Å². The average Bonchev–Trinajstić information content (AvgIpc) is 3.91. The lowest BCUT2D eigenvalue weighted by molar-refractivity contribution is -0.122. The zero-order valence-electron chi connectivity index (χ0n) is 55.7. The molecule has 0 aliphatic carbocycles. The molecule has 0 spiro atoms. The largest absolute Gasteiger partial charge is 0.487 e. The summed E-state index contributed by atoms with van der Waals surface area (Å²) in [6, 6.07) is -0.675. The van der Waals surface area contributed by atoms with Gasteiger partial charge in [-0.2, -0.15) is 9.98 Å². The molecule has 0 radical (unpaired) electrons. The number of ketones is 2. The quantitative estimate of drug-likeness (QED) is 0.0385. The van der Waals surface area contributed by atoms with Gasteiger partial charge >= 0.3 is 18.3 Å². The number of amides is 4. The van der Waals surface area contributed by atoms with Crippen molar-refractivity contribution < 1.29 is 56.1 Å². The highest BCUT2D eigenvalue weighted by Gasteiger charge is 2.37. The summed E-state index contributed by atoms with van der Waals surface area (Å²) in [6.45, 7) is 42.9. The van der Waals surface area contributed by atoms with Crippen molar-refractivity contribution in [2.75, 3.05) is 12.3 Å². The molecule has 17 nitrogen and oxygen atoms in total. The van der Waals surface area contributed by atoms with Crippen LogP contribution in [0.3, 0.4) is 0 Å². The van der Waals surface area contributed by atoms with Gasteiger partial charge in [-0.05, 0) is 202 Å². The molecule has 3 N–H and O–H groups in total. The molecule has 0 saturated carbocycles. The van der Waals surface area contributed by atoms with Crippen LogP contribution in [0.2, 0.25) is 0 Å². The molecule has 18 heteroatoms. The fourth-order valence-corrected chi connectivity index (χ4v) is 10.9. The second kappa shape index (κ2) is 38.2. The number of fused-ring (bicyclic) bond motifs is 1. The van der Waals surface area contributed by atoms with Crippen molar-refractivity contribution in [1.82, 2.24) is 10.6 Å². The molecule has 1 aromatic carbocycles. The Balaban J connectivity index is 0. The van der Waals surface area contributed by atoms with Gasteiger partial charge in [0.2, 0.25) is 5.91 Å². The SMILES string of the molecule is C.CCC(CCC(=O)NCCCC(C)C)=NC(=O)OC(C)(C)C.CCC(CCCC(=O)CCCC(C)C)=NC(=O)OC(C)(C)C.Cc1c(C)c(S(=O)(=O)CC(=N)CCCCC(NC(=O)OC(C)(C)C)C(=O)CC(C)C)c(C)c2c1OC(C)(C)C2. The Kier molecular flexibility index (Phi) is 36.9. The zero-order chi connectivity index (χ0) is 64.3. The van der Waals surface area contributed by atoms with Crippen LogP contribution in [-0.2, 0) is 44.9 Å². The molecule has 0 fully saturated rings. The summed E-state index contributed by atoms with van der Waals surface area (Å²) in [5, 5.41) is 14.0. The zero-order valence-corrected chi connectivity index (χ0v) is 56.5. The molecule has 1 unspecified atom stereocenters. The molecule has 0 bridgehead atoms. The minimum Gasteiger partial charge on any atom is -0.487 e. The minimum atomic E-state index is -3.72. The molecular weight excluding hydrogens is 1090 g/mol. The van der Waals surface area contributed by atoms with E-state index in [0.29, 0.717) is 129 Å². The number of hydrogen-bond donors (Lipinski definition) is 3. The van der Waals surface area contributed by atoms with Gasteiger partial charge in [0.05, 0.1) is 16.7 Å². The predicted molar refractivity (Wildman–Crippen MR) is 343 cm³/mol. The first kappa shape index (κ1) is 81.1. The van der Waals surface area contributed by atoms with E-state index in [1.165, 1.54) is 0 Å². The van der Waals surface area contributed by atoms with Gasteiger partial charge in [-0.3, -0.25) is 14.4 Å². The Labute approximate surface area is 509 Å². The smallest absolute Gasteiger partial charge is 0.434 e. The van der Waals surface area contributed by atoms with Crippen LogP contribution in [0, 0.1) is 43.9 Å². The summed E-state index contributed by atoms with van der Waals surface area (Å²) < 4.78 is 48.7. The van der Waals surface area contributed by atoms with E-state index in [1.54, 1.807) is 48.5 Å². The van der Waals surface area contributed by atoms with Crippen molar-refractivity contribution in [2.45, 2.75) is 309 Å². The van der Waals surface area contributed by atoms with Crippen molar-refractivity contribution in [3.05, 3.63) is 22.3 Å². The molecule has 1 aliphatic rings. The first-order chi connectivity index (χ1) is 38.0. The highest BCUT2D eigenvalue weighted by molar-refractivity contribution is 7.92. The first-order valence-corrected chi connectivity index (χ1v) is 32.2. The van der Waals surface area contributed by atoms with Gasteiger partial charge in [0.1, 0.15) is 33.9 Å². The van der Waals surface area contributed by atoms with Crippen LogP contribution in [0.15, 0.2) is 14.9 Å². The maximum atomic E-state index is 13.5. The van der Waals surface area contributed by atoms with Crippen molar-refractivity contribution in [1.29, 1.82) is 5.41 Å². The van der Waals surface area contributed by atoms with E-state index < -0.39 is 51.0 Å². The van der Waals surface area contributed by atoms with E-state index in [0.717, 1.165) is 54.7 Å². The number of sulfone groups is 1. The molecule has 484 valence electrons. The lowest BCUT2D eigenvalue weighted by Gasteiger charge is -2.23. The number of carbonyl (C=O) groups excluding carboxylic acids is 6. The summed E-state index contributed by atoms with van der Waals surface area (Å²) in [4.78, 5) is 80.1. The average molecular weight is 1200 g/mol. The number of rotatable bonds is 29. The molecule has 0 aromatic heterocycles. The van der Waals surface area contributed by atoms with Crippen LogP contribution >= 0.6 is 0 Å². The lowest BCUT2D eigenvalue weighted by atomic mass is 9.94. The van der Waals surface area contributed by atoms with Crippen molar-refractivity contribution in [3.63, 3.8) is 0 Å². The molecule has 1 aromatic rings. The Hall–Kier alpha value is -5.00. The maximum absolute atomic E-state index is 13.5. The van der Waals surface area contributed by atoms with E-state index in [1.807, 2.05) is 76.2 Å². The Morgan fingerprint density at radius 3 is 1.62 bits per heavy atom. The van der Waals surface area contributed by atoms with Gasteiger partial charge in [-0.15, -0.1) is 0 Å². The number of Topliss-reactive ketones (excluding diaryl/α,β-unsaturated/α-hetero) is 2. The van der Waals surface area contributed by atoms with Crippen molar-refractivity contribution in [2.24, 2.45) is 27.7 Å². The minimum absolute atomic E-state index is 0. The number of nitrogens with one attached hydrogen (secondary N) is 3. The topological polar surface area (TPSA) is 246 Å². The molecule has 1 heterocycles. The van der Waals surface area contributed by atoms with Gasteiger partial charge in [0, 0.05) is 61.3 Å². The maximum Gasteiger partial charge on any atom is 0.434 e. The molecule has 4 amide bonds. The number of alkyl carbamates (subject to hydrolysis) is 1. The van der Waals surface area contributed by atoms with E-state index in [9.17, 15) is 37.2 Å². The Morgan fingerprint density at radius 1 is 0.631 bits per heavy atom. The highest BCUT2D eigenvalue weighted by atomic mass is 32.2. The number of unbranched alkanes of at least 4 members (excludes halogenated alkanes) is 1. The number of ether oxygens (including phenoxy) is 4. The predicted octanol–water partition coefficient (Wildman–Crippen LogP) is 16.3. The van der Waals surface area contributed by atoms with E-state index in [2.05, 4.69) is 48.3 Å². The standard InChI is InChI=1S/C30H48N2O6S.C18H33NO3.C17H32N2O3.CH4/c1-18(2)15-25(33)24(32-28(34)38-29(6,7)8)14-12-11-13-22(31)17-39(35,36)27-20(4)19(3)26-23(21(27)5)16-30(9,10)37-26;1-7-15(19-17(21)22-18(4,5)6)11-9-13-16(20)12-8-10-14(2)3;1-7-14(19-16(21)22-17(4,5)6)10-11-15(20)18-12-8-9-13(2)3;/h18,24,31H,11-17H2,1-10H3,(H,32,34);14H,7-13H2,1-6H3;13H,7-12H2,1-6H3,(H,18,20);1H4. The van der Waals surface area contributed by atoms with Crippen molar-refractivity contribution in [3.8, 4) is 5.75 Å². The number of aliphatic imine (C=N–C) groups is 2. The van der Waals surface area contributed by atoms with Gasteiger partial charge in [0.15, 0.2) is 15.6 Å². The van der Waals surface area contributed by atoms with Gasteiger partial charge in [-0.25, -0.2) is 22.8 Å². The third kappa shape index (κ3) is 36.8. The molecular formula is C66H117N5O12S. The summed E-state index contributed by atoms with van der Waals surface area (Å²) in [7, 11) is -3.72. The van der Waals surface area contributed by atoms with Crippen LogP contribution in [0.25, 0.3) is 0 Å². The van der Waals surface area contributed by atoms with Crippen LogP contribution < -0.4 is 15.4 Å². The number of hydrogen-bond acceptors (Lipinski definition) is 13. The summed E-state index contributed by atoms with van der Waals surface area (Å²) in [6.07, 6.45) is 10.1. The highest BCUT2D eigenvalue weighted by Crippen LogP contribution is 2.44. The van der Waals surface area contributed by atoms with Crippen LogP contribution in [-0.4, -0.2) is 102 Å². The number of carbonyl (C=O) groups is 6. The van der Waals surface area contributed by atoms with Crippen LogP contribution in [0.1, 0.15) is 270 Å². The van der Waals surface area contributed by atoms with E-state index in [4.69, 9.17) is 24.4 Å². The Morgan fingerprint density at radius 2 is 1.13 bits per heavy atom. The van der Waals surface area contributed by atoms with Crippen molar-refractivity contribution >= 4 is 62.7 Å². The van der Waals surface area contributed by atoms with Gasteiger partial charge in [0.25, 0.3) is 0 Å². The first-order valence-electron chi connectivity index (χ1n) is 30.5. The van der Waals surface area contributed by atoms with Gasteiger partial charge < -0.3 is 35.0 Å². The second-order valence-electron chi connectivity index (χ2n) is 27.0. The Bertz CT molecular complexity index is 2450. The van der Waals surface area contributed by atoms with Gasteiger partial charge in [-0.1, -0.05) is 75.7 Å². The fourth-order valence-electron chi connectivity index (χ4n) is 8.94. The summed E-state index contributed by atoms with van der Waals surface area (Å²) >= 11 is 0. The molecule has 1 aliphatic heterocycles. The van der Waals surface area contributed by atoms with E-state index in [-0.39, 0.29) is 42.1 Å². The molecule has 1 atom stereocenters. The molecule has 84 heavy (non-hydrogen) atoms. The fraction of sp³-hybridized carbons (Fsp3) is 0.773. The molecule has 2 rings (SSSR count). The summed E-state index contributed by atoms with van der Waals surface area (Å²) in [5.74, 6) is 2.17. The third-order valence-corrected chi connectivity index (χ3v) is 15.0. The normalized spacial score (nSPS) is 13.7. The van der Waals surface area contributed by atoms with E-state index >= 15 is 0 Å². The number of nitrogens with zero attached hydrogens (tertiary/aromatic N) is 2.